The molecule has 0 aliphatic carbocycles. The highest BCUT2D eigenvalue weighted by molar-refractivity contribution is 6.46. The Hall–Kier alpha value is -15.9. The van der Waals surface area contributed by atoms with Gasteiger partial charge in [-0.05, 0) is 163 Å². The molecule has 0 saturated carbocycles. The van der Waals surface area contributed by atoms with Gasteiger partial charge in [0.1, 0.15) is 6.61 Å². The second kappa shape index (κ2) is 54.5. The number of aliphatic hydroxyl groups excluding tert-OH is 1. The van der Waals surface area contributed by atoms with Crippen LogP contribution in [0.4, 0.5) is 0 Å². The van der Waals surface area contributed by atoms with Gasteiger partial charge < -0.3 is 74.8 Å². The van der Waals surface area contributed by atoms with Crippen molar-refractivity contribution in [2.75, 3.05) is 63.0 Å². The van der Waals surface area contributed by atoms with Gasteiger partial charge in [0.2, 0.25) is 0 Å². The van der Waals surface area contributed by atoms with Gasteiger partial charge in [-0.1, -0.05) is 270 Å². The van der Waals surface area contributed by atoms with Gasteiger partial charge in [0, 0.05) is 116 Å². The van der Waals surface area contributed by atoms with E-state index in [4.69, 9.17) is 28.0 Å². The number of cyclic esters (lactones) is 1. The predicted octanol–water partition coefficient (Wildman–Crippen LogP) is 17.8. The average Bonchev–Trinajstić information content (AvgIpc) is 1.62. The number of hydrogen-bond acceptors (Lipinski definition) is 17. The molecular weight excluding hydrogens is 1740 g/mol. The third-order valence-electron chi connectivity index (χ3n) is 22.6. The van der Waals surface area contributed by atoms with Gasteiger partial charge in [-0.15, -0.1) is 0 Å². The van der Waals surface area contributed by atoms with Crippen LogP contribution in [0.1, 0.15) is 149 Å². The highest BCUT2D eigenvalue weighted by Crippen LogP contribution is 2.37. The molecule has 8 aromatic carbocycles. The molecular formula is C113H119N8O17-. The number of carbonyl (C=O) groups is 10. The lowest BCUT2D eigenvalue weighted by atomic mass is 9.94. The summed E-state index contributed by atoms with van der Waals surface area (Å²) >= 11 is 0. The molecule has 9 heterocycles. The summed E-state index contributed by atoms with van der Waals surface area (Å²) in [6.07, 6.45) is 13.8. The molecule has 8 aromatic heterocycles. The topological polar surface area (TPSA) is 389 Å². The van der Waals surface area contributed by atoms with Gasteiger partial charge in [-0.3, -0.25) is 47.9 Å². The minimum atomic E-state index is -0.924. The summed E-state index contributed by atoms with van der Waals surface area (Å²) in [6.45, 7) is 9.07. The lowest BCUT2D eigenvalue weighted by Crippen LogP contribution is -2.23. The molecule has 0 atom stereocenters. The Morgan fingerprint density at radius 1 is 0.319 bits per heavy atom. The van der Waals surface area contributed by atoms with Crippen molar-refractivity contribution in [1.29, 1.82) is 0 Å². The monoisotopic (exact) mass is 1860 g/mol. The Morgan fingerprint density at radius 3 is 0.688 bits per heavy atom. The van der Waals surface area contributed by atoms with Crippen LogP contribution in [0.2, 0.25) is 0 Å². The van der Waals surface area contributed by atoms with Crippen molar-refractivity contribution in [3.63, 3.8) is 0 Å². The lowest BCUT2D eigenvalue weighted by Gasteiger charge is -2.12. The van der Waals surface area contributed by atoms with Gasteiger partial charge in [-0.2, -0.15) is 0 Å². The number of rotatable bonds is 27. The number of pyridine rings is 4. The van der Waals surface area contributed by atoms with Crippen LogP contribution in [0.3, 0.4) is 0 Å². The number of esters is 2. The number of ketones is 4. The first-order valence-corrected chi connectivity index (χ1v) is 44.8. The third-order valence-corrected chi connectivity index (χ3v) is 22.6. The summed E-state index contributed by atoms with van der Waals surface area (Å²) < 4.78 is 29.8. The Bertz CT molecular complexity index is 6040. The van der Waals surface area contributed by atoms with Crippen molar-refractivity contribution in [2.24, 2.45) is 22.9 Å². The van der Waals surface area contributed by atoms with Crippen molar-refractivity contribution in [2.45, 2.75) is 91.9 Å². The Kier molecular flexibility index (Phi) is 42.4. The first-order chi connectivity index (χ1) is 66.5. The number of nitrogens with zero attached hydrogens (tertiary/aromatic N) is 4. The van der Waals surface area contributed by atoms with Crippen molar-refractivity contribution in [3.05, 3.63) is 406 Å². The van der Waals surface area contributed by atoms with E-state index in [2.05, 4.69) is 121 Å². The molecule has 0 unspecified atom stereocenters. The second-order valence-corrected chi connectivity index (χ2v) is 31.1. The zero-order chi connectivity index (χ0) is 99.0. The van der Waals surface area contributed by atoms with Crippen molar-refractivity contribution in [3.8, 4) is 44.5 Å². The molecule has 714 valence electrons. The molecule has 0 bridgehead atoms. The molecule has 10 N–H and O–H groups in total. The highest BCUT2D eigenvalue weighted by Gasteiger charge is 2.31. The smallest absolute Gasteiger partial charge is 0.309 e. The molecule has 25 heteroatoms. The number of carbonyl (C=O) groups excluding carboxylic acids is 10. The first kappa shape index (κ1) is 107. The van der Waals surface area contributed by atoms with Gasteiger partial charge >= 0.3 is 11.9 Å². The van der Waals surface area contributed by atoms with E-state index in [1.807, 2.05) is 264 Å². The summed E-state index contributed by atoms with van der Waals surface area (Å²) in [5.41, 5.74) is 47.4. The van der Waals surface area contributed by atoms with E-state index in [1.54, 1.807) is 35.5 Å². The summed E-state index contributed by atoms with van der Waals surface area (Å²) in [5, 5.41) is 7.00. The quantitative estimate of drug-likeness (QED) is 0.0181. The largest absolute Gasteiger partial charge is 0.870 e. The predicted molar refractivity (Wildman–Crippen MR) is 540 cm³/mol. The zero-order valence-corrected chi connectivity index (χ0v) is 79.6. The lowest BCUT2D eigenvalue weighted by molar-refractivity contribution is -0.157. The maximum Gasteiger partial charge on any atom is 0.309 e. The fourth-order valence-corrected chi connectivity index (χ4v) is 16.6. The second-order valence-electron chi connectivity index (χ2n) is 31.1. The number of benzene rings is 8. The SMILES string of the molecule is CCc1c(C(=O)C(N)=O)c2ccccn2c1Cc1ccccc1-c1ccccc1.CCc1c(C(=O)C(N)=O)c2ccccn2c1Cc1ccccc1-c1ccccc1.CCc1c(C(=O)C(N)=O)c2ccccn2c1Cc1ccccc1-c1ccccc1.CCc1c(C(=O)C(N)=O)c2ccccn2c1Cc1ccccc1-c1ccccc1.CO.COC.COC.COCCC(=O)OC.O=C1CCO1.[OH-]. The summed E-state index contributed by atoms with van der Waals surface area (Å²) in [7, 11) is 10.4. The molecule has 1 aliphatic rings. The van der Waals surface area contributed by atoms with Crippen LogP contribution in [0.15, 0.2) is 316 Å². The molecule has 1 saturated heterocycles. The number of amides is 4. The molecule has 4 amide bonds. The van der Waals surface area contributed by atoms with Gasteiger partial charge in [0.15, 0.2) is 0 Å². The van der Waals surface area contributed by atoms with Crippen LogP contribution in [-0.2, 0) is 104 Å². The fraction of sp³-hybridized carbons (Fsp3) is 0.204. The number of Topliss-reactive ketones (excluding diaryl/α,β-unsaturated/α-hetero) is 4. The maximum absolute atomic E-state index is 12.6. The van der Waals surface area contributed by atoms with Crippen LogP contribution in [0.25, 0.3) is 66.6 Å². The molecule has 0 radical (unpaired) electrons. The minimum Gasteiger partial charge on any atom is -0.870 e. The van der Waals surface area contributed by atoms with Crippen LogP contribution in [0.5, 0.6) is 0 Å². The molecule has 1 aliphatic heterocycles. The summed E-state index contributed by atoms with van der Waals surface area (Å²) in [5.74, 6) is -6.52. The van der Waals surface area contributed by atoms with E-state index in [9.17, 15) is 47.9 Å². The standard InChI is InChI=1S/4C25H22N2O2.C5H10O3.C3H4O2.2C2H6O.CH4O.H2O/c4*1-2-19-22(27-15-9-8-14-21(27)23(19)24(28)25(26)29)16-18-12-6-7-13-20(18)17-10-4-3-5-11-17;1-7-4-3-5(6)8-2;4-3-1-2-5-3;2*1-3-2;1-2;/h4*3-15H,2,16H2,1H3,(H2,26,29);3-4H2,1-2H3;1-2H2;2*1-2H3;2H,1H3;1H2/p-1. The van der Waals surface area contributed by atoms with Crippen LogP contribution < -0.4 is 22.9 Å². The van der Waals surface area contributed by atoms with E-state index in [1.165, 1.54) is 7.11 Å². The van der Waals surface area contributed by atoms with Crippen molar-refractivity contribution in [1.82, 2.24) is 17.6 Å². The minimum absolute atomic E-state index is 0. The van der Waals surface area contributed by atoms with E-state index >= 15 is 0 Å². The fourth-order valence-electron chi connectivity index (χ4n) is 16.6. The number of ether oxygens (including phenoxy) is 5. The molecule has 0 spiro atoms. The Balaban J connectivity index is 0.000000210. The summed E-state index contributed by atoms with van der Waals surface area (Å²) in [4.78, 5) is 117. The number of aromatic nitrogens is 4. The molecule has 25 nitrogen and oxygen atoms in total. The summed E-state index contributed by atoms with van der Waals surface area (Å²) in [6, 6.07) is 96.8. The number of nitrogens with two attached hydrogens (primary N) is 4. The molecule has 138 heavy (non-hydrogen) atoms. The number of primary amides is 4. The Labute approximate surface area is 803 Å². The molecule has 1 fully saturated rings. The van der Waals surface area contributed by atoms with E-state index < -0.39 is 46.8 Å². The molecule has 16 aromatic rings. The maximum atomic E-state index is 12.6. The van der Waals surface area contributed by atoms with E-state index in [0.29, 0.717) is 99.7 Å². The van der Waals surface area contributed by atoms with E-state index in [-0.39, 0.29) is 17.4 Å². The number of methoxy groups -OCH3 is 4. The zero-order valence-electron chi connectivity index (χ0n) is 79.6. The third kappa shape index (κ3) is 26.8. The Morgan fingerprint density at radius 2 is 0.514 bits per heavy atom. The van der Waals surface area contributed by atoms with E-state index in [0.717, 1.165) is 141 Å². The normalized spacial score (nSPS) is 10.7. The van der Waals surface area contributed by atoms with Crippen LogP contribution in [0, 0.1) is 0 Å². The average molecular weight is 1860 g/mol. The number of fused-ring (bicyclic) bond motifs is 4. The first-order valence-electron chi connectivity index (χ1n) is 44.8. The number of hydrogen-bond donors (Lipinski definition) is 5. The van der Waals surface area contributed by atoms with Crippen LogP contribution in [-0.4, -0.2) is 150 Å². The van der Waals surface area contributed by atoms with Gasteiger partial charge in [0.05, 0.1) is 70.9 Å². The van der Waals surface area contributed by atoms with Crippen LogP contribution >= 0.6 is 0 Å². The van der Waals surface area contributed by atoms with Crippen molar-refractivity contribution >= 4 is 80.8 Å². The number of aliphatic hydroxyl groups is 1. The van der Waals surface area contributed by atoms with Gasteiger partial charge in [0.25, 0.3) is 46.8 Å². The molecule has 17 rings (SSSR count). The van der Waals surface area contributed by atoms with Crippen molar-refractivity contribution < 1.29 is 82.2 Å². The highest BCUT2D eigenvalue weighted by atomic mass is 16.6. The van der Waals surface area contributed by atoms with Gasteiger partial charge in [-0.25, -0.2) is 0 Å².